The van der Waals surface area contributed by atoms with Gasteiger partial charge in [0, 0.05) is 25.3 Å². The molecule has 1 fully saturated rings. The maximum Gasteiger partial charge on any atom is 0.251 e. The van der Waals surface area contributed by atoms with Crippen LogP contribution in [-0.2, 0) is 9.53 Å². The van der Waals surface area contributed by atoms with Gasteiger partial charge in [-0.25, -0.2) is 0 Å². The van der Waals surface area contributed by atoms with Crippen molar-refractivity contribution in [1.82, 2.24) is 10.2 Å². The van der Waals surface area contributed by atoms with E-state index in [0.29, 0.717) is 31.0 Å². The van der Waals surface area contributed by atoms with Gasteiger partial charge in [0.15, 0.2) is 0 Å². The van der Waals surface area contributed by atoms with E-state index in [0.717, 1.165) is 12.8 Å². The first-order valence-electron chi connectivity index (χ1n) is 9.31. The van der Waals surface area contributed by atoms with Gasteiger partial charge in [0.2, 0.25) is 5.91 Å². The number of benzene rings is 1. The van der Waals surface area contributed by atoms with Gasteiger partial charge in [0.05, 0.1) is 13.2 Å². The predicted octanol–water partition coefficient (Wildman–Crippen LogP) is 2.48. The summed E-state index contributed by atoms with van der Waals surface area (Å²) >= 11 is 0. The van der Waals surface area contributed by atoms with Crippen LogP contribution in [0.1, 0.15) is 44.0 Å². The van der Waals surface area contributed by atoms with Gasteiger partial charge in [-0.1, -0.05) is 13.8 Å². The Kier molecular flexibility index (Phi) is 7.45. The van der Waals surface area contributed by atoms with Crippen LogP contribution >= 0.6 is 0 Å². The largest absolute Gasteiger partial charge is 0.497 e. The van der Waals surface area contributed by atoms with Crippen LogP contribution in [0.15, 0.2) is 24.3 Å². The maximum absolute atomic E-state index is 12.9. The van der Waals surface area contributed by atoms with Crippen LogP contribution in [0.3, 0.4) is 0 Å². The molecule has 1 N–H and O–H groups in total. The van der Waals surface area contributed by atoms with Crippen molar-refractivity contribution in [1.29, 1.82) is 0 Å². The molecule has 6 nitrogen and oxygen atoms in total. The molecular formula is C20H30N2O4. The van der Waals surface area contributed by atoms with Crippen LogP contribution in [0, 0.1) is 5.92 Å². The highest BCUT2D eigenvalue weighted by Crippen LogP contribution is 2.17. The number of carbonyl (C=O) groups excluding carboxylic acids is 2. The van der Waals surface area contributed by atoms with E-state index in [1.807, 2.05) is 25.7 Å². The zero-order chi connectivity index (χ0) is 19.1. The van der Waals surface area contributed by atoms with E-state index >= 15 is 0 Å². The summed E-state index contributed by atoms with van der Waals surface area (Å²) in [5.41, 5.74) is 0.513. The summed E-state index contributed by atoms with van der Waals surface area (Å²) in [6.07, 6.45) is 1.92. The fourth-order valence-electron chi connectivity index (χ4n) is 3.16. The molecular weight excluding hydrogens is 332 g/mol. The van der Waals surface area contributed by atoms with Gasteiger partial charge in [-0.2, -0.15) is 0 Å². The average Bonchev–Trinajstić information content (AvgIpc) is 2.66. The summed E-state index contributed by atoms with van der Waals surface area (Å²) < 4.78 is 10.8. The van der Waals surface area contributed by atoms with E-state index < -0.39 is 6.04 Å². The van der Waals surface area contributed by atoms with Crippen molar-refractivity contribution in [2.45, 2.75) is 45.8 Å². The summed E-state index contributed by atoms with van der Waals surface area (Å²) in [4.78, 5) is 27.3. The number of amides is 2. The predicted molar refractivity (Wildman–Crippen MR) is 100 cm³/mol. The molecule has 0 saturated carbocycles. The molecule has 1 saturated heterocycles. The van der Waals surface area contributed by atoms with Crippen LogP contribution in [-0.4, -0.2) is 55.7 Å². The molecule has 144 valence electrons. The Hall–Kier alpha value is -2.08. The number of likely N-dealkylation sites (tertiary alicyclic amines) is 1. The molecule has 1 heterocycles. The normalized spacial score (nSPS) is 16.4. The van der Waals surface area contributed by atoms with Crippen molar-refractivity contribution in [3.63, 3.8) is 0 Å². The Morgan fingerprint density at radius 2 is 1.81 bits per heavy atom. The number of piperidine rings is 1. The fraction of sp³-hybridized carbons (Fsp3) is 0.600. The SMILES string of the molecule is CCOC1CCN(C(=O)C(NC(=O)c2ccc(OC)cc2)C(C)C)CC1. The standard InChI is InChI=1S/C20H30N2O4/c1-5-26-17-10-12-22(13-11-17)20(24)18(14(2)3)21-19(23)15-6-8-16(25-4)9-7-15/h6-9,14,17-18H,5,10-13H2,1-4H3,(H,21,23). The lowest BCUT2D eigenvalue weighted by Gasteiger charge is -2.35. The number of nitrogens with one attached hydrogen (secondary N) is 1. The third-order valence-corrected chi connectivity index (χ3v) is 4.73. The van der Waals surface area contributed by atoms with Crippen LogP contribution in [0.4, 0.5) is 0 Å². The molecule has 2 amide bonds. The number of hydrogen-bond acceptors (Lipinski definition) is 4. The molecule has 0 aromatic heterocycles. The van der Waals surface area contributed by atoms with E-state index in [-0.39, 0.29) is 23.8 Å². The minimum atomic E-state index is -0.534. The quantitative estimate of drug-likeness (QED) is 0.809. The van der Waals surface area contributed by atoms with E-state index in [4.69, 9.17) is 9.47 Å². The Labute approximate surface area is 155 Å². The van der Waals surface area contributed by atoms with Crippen molar-refractivity contribution in [3.05, 3.63) is 29.8 Å². The maximum atomic E-state index is 12.9. The molecule has 1 unspecified atom stereocenters. The second kappa shape index (κ2) is 9.57. The number of carbonyl (C=O) groups is 2. The van der Waals surface area contributed by atoms with Crippen molar-refractivity contribution in [2.24, 2.45) is 5.92 Å². The van der Waals surface area contributed by atoms with Gasteiger partial charge < -0.3 is 19.7 Å². The van der Waals surface area contributed by atoms with Crippen LogP contribution in [0.2, 0.25) is 0 Å². The third-order valence-electron chi connectivity index (χ3n) is 4.73. The third kappa shape index (κ3) is 5.21. The van der Waals surface area contributed by atoms with Crippen molar-refractivity contribution < 1.29 is 19.1 Å². The highest BCUT2D eigenvalue weighted by Gasteiger charge is 2.31. The summed E-state index contributed by atoms with van der Waals surface area (Å²) in [6, 6.07) is 6.33. The first-order valence-corrected chi connectivity index (χ1v) is 9.31. The van der Waals surface area contributed by atoms with E-state index in [9.17, 15) is 9.59 Å². The van der Waals surface area contributed by atoms with Gasteiger partial charge in [-0.05, 0) is 49.9 Å². The topological polar surface area (TPSA) is 67.9 Å². The Balaban J connectivity index is 1.99. The zero-order valence-corrected chi connectivity index (χ0v) is 16.2. The molecule has 1 aromatic rings. The smallest absolute Gasteiger partial charge is 0.251 e. The second-order valence-electron chi connectivity index (χ2n) is 6.90. The van der Waals surface area contributed by atoms with Crippen molar-refractivity contribution in [3.8, 4) is 5.75 Å². The number of nitrogens with zero attached hydrogens (tertiary/aromatic N) is 1. The second-order valence-corrected chi connectivity index (χ2v) is 6.90. The molecule has 6 heteroatoms. The Bertz CT molecular complexity index is 592. The van der Waals surface area contributed by atoms with Crippen LogP contribution in [0.5, 0.6) is 5.75 Å². The molecule has 1 aliphatic rings. The van der Waals surface area contributed by atoms with E-state index in [1.165, 1.54) is 0 Å². The molecule has 2 rings (SSSR count). The van der Waals surface area contributed by atoms with Crippen molar-refractivity contribution in [2.75, 3.05) is 26.8 Å². The molecule has 1 aromatic carbocycles. The lowest BCUT2D eigenvalue weighted by molar-refractivity contribution is -0.136. The zero-order valence-electron chi connectivity index (χ0n) is 16.2. The summed E-state index contributed by atoms with van der Waals surface area (Å²) in [5.74, 6) is 0.435. The number of ether oxygens (including phenoxy) is 2. The average molecular weight is 362 g/mol. The minimum Gasteiger partial charge on any atom is -0.497 e. The molecule has 26 heavy (non-hydrogen) atoms. The molecule has 0 radical (unpaired) electrons. The van der Waals surface area contributed by atoms with Crippen LogP contribution in [0.25, 0.3) is 0 Å². The monoisotopic (exact) mass is 362 g/mol. The van der Waals surface area contributed by atoms with Gasteiger partial charge >= 0.3 is 0 Å². The number of hydrogen-bond donors (Lipinski definition) is 1. The highest BCUT2D eigenvalue weighted by molar-refractivity contribution is 5.97. The molecule has 1 aliphatic heterocycles. The van der Waals surface area contributed by atoms with Crippen LogP contribution < -0.4 is 10.1 Å². The molecule has 0 spiro atoms. The highest BCUT2D eigenvalue weighted by atomic mass is 16.5. The molecule has 0 aliphatic carbocycles. The lowest BCUT2D eigenvalue weighted by atomic mass is 10.00. The fourth-order valence-corrected chi connectivity index (χ4v) is 3.16. The van der Waals surface area contributed by atoms with Gasteiger partial charge in [0.25, 0.3) is 5.91 Å². The van der Waals surface area contributed by atoms with Gasteiger partial charge in [-0.15, -0.1) is 0 Å². The molecule has 0 bridgehead atoms. The van der Waals surface area contributed by atoms with E-state index in [2.05, 4.69) is 5.32 Å². The lowest BCUT2D eigenvalue weighted by Crippen LogP contribution is -2.53. The number of methoxy groups -OCH3 is 1. The summed E-state index contributed by atoms with van der Waals surface area (Å²) in [5, 5.41) is 2.90. The molecule has 1 atom stereocenters. The number of rotatable bonds is 7. The summed E-state index contributed by atoms with van der Waals surface area (Å²) in [7, 11) is 1.58. The van der Waals surface area contributed by atoms with E-state index in [1.54, 1.807) is 31.4 Å². The van der Waals surface area contributed by atoms with Gasteiger partial charge in [-0.3, -0.25) is 9.59 Å². The first kappa shape index (κ1) is 20.2. The van der Waals surface area contributed by atoms with Gasteiger partial charge in [0.1, 0.15) is 11.8 Å². The minimum absolute atomic E-state index is 0.00862. The van der Waals surface area contributed by atoms with Crippen molar-refractivity contribution >= 4 is 11.8 Å². The summed E-state index contributed by atoms with van der Waals surface area (Å²) in [6.45, 7) is 7.93. The Morgan fingerprint density at radius 1 is 1.19 bits per heavy atom. The first-order chi connectivity index (χ1) is 12.5. The Morgan fingerprint density at radius 3 is 2.31 bits per heavy atom.